The van der Waals surface area contributed by atoms with Crippen LogP contribution in [0.3, 0.4) is 0 Å². The Kier molecular flexibility index (Phi) is 7.27. The number of hydrogen-bond acceptors (Lipinski definition) is 3. The predicted octanol–water partition coefficient (Wildman–Crippen LogP) is 10.1. The summed E-state index contributed by atoms with van der Waals surface area (Å²) in [6, 6.07) is 58.9. The maximum atomic E-state index is 5.95. The van der Waals surface area contributed by atoms with Crippen molar-refractivity contribution in [1.82, 2.24) is 10.2 Å². The summed E-state index contributed by atoms with van der Waals surface area (Å²) < 4.78 is 5.95. The van der Waals surface area contributed by atoms with Gasteiger partial charge in [0.15, 0.2) is 0 Å². The summed E-state index contributed by atoms with van der Waals surface area (Å²) in [5.41, 5.74) is 11.2. The smallest absolute Gasteiger partial charge is 0.248 e. The summed E-state index contributed by atoms with van der Waals surface area (Å²) in [4.78, 5) is 0. The van der Waals surface area contributed by atoms with Crippen molar-refractivity contribution in [3.05, 3.63) is 192 Å². The van der Waals surface area contributed by atoms with Crippen molar-refractivity contribution in [3.63, 3.8) is 0 Å². The van der Waals surface area contributed by atoms with Crippen LogP contribution in [-0.4, -0.2) is 10.2 Å². The molecule has 7 aromatic rings. The third-order valence-electron chi connectivity index (χ3n) is 7.52. The lowest BCUT2D eigenvalue weighted by Gasteiger charge is -2.18. The van der Waals surface area contributed by atoms with Gasteiger partial charge in [0.1, 0.15) is 0 Å². The van der Waals surface area contributed by atoms with Gasteiger partial charge in [-0.05, 0) is 68.8 Å². The molecule has 0 amide bonds. The van der Waals surface area contributed by atoms with Crippen molar-refractivity contribution in [2.24, 2.45) is 0 Å². The molecule has 0 aliphatic rings. The van der Waals surface area contributed by atoms with Crippen LogP contribution in [0.25, 0.3) is 45.2 Å². The summed E-state index contributed by atoms with van der Waals surface area (Å²) in [7, 11) is 0. The molecule has 0 saturated heterocycles. The molecule has 0 bridgehead atoms. The Bertz CT molecular complexity index is 1920. The van der Waals surface area contributed by atoms with Gasteiger partial charge in [0, 0.05) is 11.1 Å². The van der Waals surface area contributed by atoms with E-state index >= 15 is 0 Å². The minimum absolute atomic E-state index is 0.507. The van der Waals surface area contributed by atoms with E-state index in [1.165, 1.54) is 27.8 Å². The minimum Gasteiger partial charge on any atom is -0.416 e. The summed E-state index contributed by atoms with van der Waals surface area (Å²) >= 11 is 0. The maximum Gasteiger partial charge on any atom is 0.248 e. The van der Waals surface area contributed by atoms with Gasteiger partial charge in [-0.3, -0.25) is 0 Å². The van der Waals surface area contributed by atoms with Gasteiger partial charge in [-0.25, -0.2) is 0 Å². The van der Waals surface area contributed by atoms with Gasteiger partial charge in [-0.1, -0.05) is 146 Å². The van der Waals surface area contributed by atoms with Gasteiger partial charge >= 0.3 is 0 Å². The largest absolute Gasteiger partial charge is 0.416 e. The molecule has 3 nitrogen and oxygen atoms in total. The molecule has 0 radical (unpaired) electrons. The van der Waals surface area contributed by atoms with Crippen LogP contribution in [0.1, 0.15) is 22.3 Å². The summed E-state index contributed by atoms with van der Waals surface area (Å²) in [5, 5.41) is 8.50. The summed E-state index contributed by atoms with van der Waals surface area (Å²) in [6.07, 6.45) is 0. The van der Waals surface area contributed by atoms with E-state index in [2.05, 4.69) is 138 Å². The lowest BCUT2D eigenvalue weighted by molar-refractivity contribution is 0.584. The average Bonchev–Trinajstić information content (AvgIpc) is 3.60. The minimum atomic E-state index is 0.507. The van der Waals surface area contributed by atoms with Gasteiger partial charge in [-0.2, -0.15) is 0 Å². The van der Waals surface area contributed by atoms with Crippen LogP contribution in [0, 0.1) is 0 Å². The van der Waals surface area contributed by atoms with E-state index in [-0.39, 0.29) is 0 Å². The second-order valence-electron chi connectivity index (χ2n) is 10.3. The molecule has 0 fully saturated rings. The van der Waals surface area contributed by atoms with Crippen LogP contribution in [0.2, 0.25) is 0 Å². The highest BCUT2D eigenvalue weighted by Crippen LogP contribution is 2.37. The molecule has 0 saturated carbocycles. The first-order valence-corrected chi connectivity index (χ1v) is 14.3. The standard InChI is InChI=1S/C40H28N2O/c1-5-13-31(14-6-1)37(32-15-7-2-8-16-32)38(33-17-9-3-10-18-33)34-25-21-29(22-26-34)30-23-27-36(28-24-30)40-42-41-39(43-40)35-19-11-4-12-20-35/h1-28H. The van der Waals surface area contributed by atoms with Crippen LogP contribution in [0.4, 0.5) is 0 Å². The van der Waals surface area contributed by atoms with E-state index in [1.807, 2.05) is 42.5 Å². The number of benzene rings is 6. The Labute approximate surface area is 251 Å². The van der Waals surface area contributed by atoms with Gasteiger partial charge < -0.3 is 4.42 Å². The van der Waals surface area contributed by atoms with Crippen molar-refractivity contribution >= 4 is 11.1 Å². The molecule has 43 heavy (non-hydrogen) atoms. The zero-order chi connectivity index (χ0) is 28.8. The Morgan fingerprint density at radius 3 is 1.02 bits per heavy atom. The molecule has 0 unspecified atom stereocenters. The van der Waals surface area contributed by atoms with Gasteiger partial charge in [0.05, 0.1) is 0 Å². The topological polar surface area (TPSA) is 38.9 Å². The van der Waals surface area contributed by atoms with Crippen molar-refractivity contribution in [2.45, 2.75) is 0 Å². The highest BCUT2D eigenvalue weighted by molar-refractivity contribution is 6.04. The van der Waals surface area contributed by atoms with E-state index in [0.717, 1.165) is 27.8 Å². The van der Waals surface area contributed by atoms with E-state index in [0.29, 0.717) is 11.8 Å². The highest BCUT2D eigenvalue weighted by Gasteiger charge is 2.16. The maximum absolute atomic E-state index is 5.95. The van der Waals surface area contributed by atoms with Gasteiger partial charge in [0.2, 0.25) is 11.8 Å². The lowest BCUT2D eigenvalue weighted by atomic mass is 9.85. The molecule has 1 aromatic heterocycles. The molecule has 0 aliphatic heterocycles. The first-order valence-electron chi connectivity index (χ1n) is 14.3. The van der Waals surface area contributed by atoms with E-state index in [1.54, 1.807) is 0 Å². The van der Waals surface area contributed by atoms with E-state index in [9.17, 15) is 0 Å². The normalized spacial score (nSPS) is 10.8. The Balaban J connectivity index is 1.25. The highest BCUT2D eigenvalue weighted by atomic mass is 16.4. The summed E-state index contributed by atoms with van der Waals surface area (Å²) in [5.74, 6) is 1.02. The molecule has 6 aromatic carbocycles. The molecule has 204 valence electrons. The third-order valence-corrected chi connectivity index (χ3v) is 7.52. The molecule has 0 N–H and O–H groups in total. The lowest BCUT2D eigenvalue weighted by Crippen LogP contribution is -1.97. The van der Waals surface area contributed by atoms with Crippen LogP contribution < -0.4 is 0 Å². The average molecular weight is 553 g/mol. The first kappa shape index (κ1) is 26.1. The zero-order valence-corrected chi connectivity index (χ0v) is 23.5. The van der Waals surface area contributed by atoms with E-state index in [4.69, 9.17) is 4.42 Å². The Hall–Kier alpha value is -5.80. The van der Waals surface area contributed by atoms with Gasteiger partial charge in [0.25, 0.3) is 0 Å². The monoisotopic (exact) mass is 552 g/mol. The molecule has 0 spiro atoms. The number of rotatable bonds is 7. The molecular weight excluding hydrogens is 524 g/mol. The third kappa shape index (κ3) is 5.57. The Morgan fingerprint density at radius 1 is 0.302 bits per heavy atom. The van der Waals surface area contributed by atoms with Crippen LogP contribution >= 0.6 is 0 Å². The summed E-state index contributed by atoms with van der Waals surface area (Å²) in [6.45, 7) is 0. The fourth-order valence-corrected chi connectivity index (χ4v) is 5.40. The molecular formula is C40H28N2O. The van der Waals surface area contributed by atoms with Crippen molar-refractivity contribution in [2.75, 3.05) is 0 Å². The fraction of sp³-hybridized carbons (Fsp3) is 0. The van der Waals surface area contributed by atoms with E-state index < -0.39 is 0 Å². The molecule has 1 heterocycles. The van der Waals surface area contributed by atoms with Crippen molar-refractivity contribution in [3.8, 4) is 34.0 Å². The second-order valence-corrected chi connectivity index (χ2v) is 10.3. The van der Waals surface area contributed by atoms with Crippen molar-refractivity contribution < 1.29 is 4.42 Å². The molecule has 0 atom stereocenters. The SMILES string of the molecule is c1ccc(C(=C(c2ccccc2)c2ccc(-c3ccc(-c4nnc(-c5ccccc5)o4)cc3)cc2)c2ccccc2)cc1. The van der Waals surface area contributed by atoms with Crippen molar-refractivity contribution in [1.29, 1.82) is 0 Å². The number of hydrogen-bond donors (Lipinski definition) is 0. The number of aromatic nitrogens is 2. The van der Waals surface area contributed by atoms with Gasteiger partial charge in [-0.15, -0.1) is 10.2 Å². The first-order chi connectivity index (χ1) is 21.3. The molecule has 3 heteroatoms. The quantitative estimate of drug-likeness (QED) is 0.185. The zero-order valence-electron chi connectivity index (χ0n) is 23.5. The predicted molar refractivity (Wildman–Crippen MR) is 175 cm³/mol. The van der Waals surface area contributed by atoms with Crippen LogP contribution in [0.15, 0.2) is 174 Å². The Morgan fingerprint density at radius 2 is 0.605 bits per heavy atom. The molecule has 0 aliphatic carbocycles. The van der Waals surface area contributed by atoms with Crippen LogP contribution in [0.5, 0.6) is 0 Å². The fourth-order valence-electron chi connectivity index (χ4n) is 5.40. The molecule has 7 rings (SSSR count). The second kappa shape index (κ2) is 12.0. The van der Waals surface area contributed by atoms with Crippen LogP contribution in [-0.2, 0) is 0 Å². The number of nitrogens with zero attached hydrogens (tertiary/aromatic N) is 2.